The van der Waals surface area contributed by atoms with Gasteiger partial charge in [-0.3, -0.25) is 0 Å². The third kappa shape index (κ3) is 3.35. The number of ether oxygens (including phenoxy) is 2. The predicted molar refractivity (Wildman–Crippen MR) is 49.4 cm³/mol. The number of hydrogen-bond acceptors (Lipinski definition) is 3. The van der Waals surface area contributed by atoms with Crippen LogP contribution in [0.1, 0.15) is 40.0 Å². The molecule has 0 aromatic heterocycles. The maximum absolute atomic E-state index is 11.2. The highest BCUT2D eigenvalue weighted by molar-refractivity contribution is 5.78. The molecule has 0 aromatic carbocycles. The topological polar surface area (TPSA) is 38.8 Å². The highest BCUT2D eigenvalue weighted by Crippen LogP contribution is 2.28. The number of rotatable bonds is 5. The van der Waals surface area contributed by atoms with Crippen LogP contribution in [0.15, 0.2) is 0 Å². The number of carbonyl (C=O) groups is 1. The Morgan fingerprint density at radius 3 is 2.77 bits per heavy atom. The Morgan fingerprint density at radius 1 is 1.54 bits per heavy atom. The third-order valence-corrected chi connectivity index (χ3v) is 2.01. The Balaban J connectivity index is 2.14. The highest BCUT2D eigenvalue weighted by atomic mass is 16.6. The molecule has 1 fully saturated rings. The van der Waals surface area contributed by atoms with E-state index in [1.165, 1.54) is 0 Å². The highest BCUT2D eigenvalue weighted by Gasteiger charge is 2.45. The van der Waals surface area contributed by atoms with Gasteiger partial charge in [-0.05, 0) is 20.3 Å². The Morgan fingerprint density at radius 2 is 2.23 bits per heavy atom. The molecule has 2 atom stereocenters. The molecular weight excluding hydrogens is 168 g/mol. The van der Waals surface area contributed by atoms with Crippen LogP contribution in [0, 0.1) is 0 Å². The van der Waals surface area contributed by atoms with Crippen LogP contribution < -0.4 is 0 Å². The lowest BCUT2D eigenvalue weighted by Crippen LogP contribution is -2.18. The van der Waals surface area contributed by atoms with E-state index in [-0.39, 0.29) is 24.3 Å². The Hall–Kier alpha value is -0.570. The quantitative estimate of drug-likeness (QED) is 0.486. The number of carbonyl (C=O) groups excluding carboxylic acids is 1. The van der Waals surface area contributed by atoms with Crippen molar-refractivity contribution >= 4 is 5.97 Å². The molecular formula is C10H18O3. The van der Waals surface area contributed by atoms with Crippen molar-refractivity contribution in [2.75, 3.05) is 0 Å². The van der Waals surface area contributed by atoms with Crippen LogP contribution in [0.25, 0.3) is 0 Å². The van der Waals surface area contributed by atoms with Gasteiger partial charge in [-0.1, -0.05) is 19.8 Å². The van der Waals surface area contributed by atoms with E-state index in [9.17, 15) is 4.79 Å². The molecule has 0 spiro atoms. The molecule has 1 rings (SSSR count). The summed E-state index contributed by atoms with van der Waals surface area (Å²) in [5.74, 6) is -0.198. The van der Waals surface area contributed by atoms with Gasteiger partial charge >= 0.3 is 5.97 Å². The largest absolute Gasteiger partial charge is 0.461 e. The molecule has 0 saturated carbocycles. The van der Waals surface area contributed by atoms with E-state index in [4.69, 9.17) is 9.47 Å². The van der Waals surface area contributed by atoms with Crippen LogP contribution in [0.5, 0.6) is 0 Å². The summed E-state index contributed by atoms with van der Waals surface area (Å²) in [6, 6.07) is 0. The summed E-state index contributed by atoms with van der Waals surface area (Å²) in [4.78, 5) is 11.2. The van der Waals surface area contributed by atoms with Gasteiger partial charge in [0.25, 0.3) is 0 Å². The van der Waals surface area contributed by atoms with Crippen molar-refractivity contribution in [1.82, 2.24) is 0 Å². The van der Waals surface area contributed by atoms with Crippen molar-refractivity contribution in [2.24, 2.45) is 0 Å². The zero-order valence-corrected chi connectivity index (χ0v) is 8.58. The van der Waals surface area contributed by atoms with Gasteiger partial charge < -0.3 is 9.47 Å². The minimum atomic E-state index is -0.269. The lowest BCUT2D eigenvalue weighted by atomic mass is 10.1. The summed E-state index contributed by atoms with van der Waals surface area (Å²) in [6.07, 6.45) is 3.07. The molecule has 0 radical (unpaired) electrons. The fourth-order valence-corrected chi connectivity index (χ4v) is 1.27. The molecule has 1 heterocycles. The third-order valence-electron chi connectivity index (χ3n) is 2.01. The molecule has 1 aliphatic rings. The SMILES string of the molecule is CCCC[C@@H]1O[C@@H]1C(=O)OC(C)C. The van der Waals surface area contributed by atoms with Gasteiger partial charge in [-0.25, -0.2) is 4.79 Å². The minimum Gasteiger partial charge on any atom is -0.461 e. The van der Waals surface area contributed by atoms with Crippen molar-refractivity contribution in [1.29, 1.82) is 0 Å². The summed E-state index contributed by atoms with van der Waals surface area (Å²) >= 11 is 0. The van der Waals surface area contributed by atoms with Crippen molar-refractivity contribution in [3.05, 3.63) is 0 Å². The van der Waals surface area contributed by atoms with Gasteiger partial charge in [0.05, 0.1) is 12.2 Å². The average molecular weight is 186 g/mol. The van der Waals surface area contributed by atoms with Crippen molar-refractivity contribution < 1.29 is 14.3 Å². The first-order chi connectivity index (χ1) is 6.15. The second-order valence-electron chi connectivity index (χ2n) is 3.72. The fourth-order valence-electron chi connectivity index (χ4n) is 1.27. The summed E-state index contributed by atoms with van der Waals surface area (Å²) in [7, 11) is 0. The summed E-state index contributed by atoms with van der Waals surface area (Å²) in [6.45, 7) is 5.83. The average Bonchev–Trinajstić information content (AvgIpc) is 2.78. The molecule has 1 aliphatic heterocycles. The summed E-state index contributed by atoms with van der Waals surface area (Å²) in [5.41, 5.74) is 0. The predicted octanol–water partition coefficient (Wildman–Crippen LogP) is 1.90. The Kier molecular flexibility index (Phi) is 3.72. The van der Waals surface area contributed by atoms with Crippen LogP contribution in [0.4, 0.5) is 0 Å². The van der Waals surface area contributed by atoms with Crippen molar-refractivity contribution in [3.8, 4) is 0 Å². The normalized spacial score (nSPS) is 26.2. The lowest BCUT2D eigenvalue weighted by Gasteiger charge is -2.04. The Bertz CT molecular complexity index is 177. The van der Waals surface area contributed by atoms with Gasteiger partial charge in [0.15, 0.2) is 6.10 Å². The minimum absolute atomic E-state index is 0.0384. The van der Waals surface area contributed by atoms with E-state index in [2.05, 4.69) is 6.92 Å². The van der Waals surface area contributed by atoms with Crippen LogP contribution in [-0.2, 0) is 14.3 Å². The molecule has 3 heteroatoms. The second-order valence-corrected chi connectivity index (χ2v) is 3.72. The molecule has 3 nitrogen and oxygen atoms in total. The standard InChI is InChI=1S/C10H18O3/c1-4-5-6-8-9(13-8)10(11)12-7(2)3/h7-9H,4-6H2,1-3H3/t8-,9-/m0/s1. The maximum Gasteiger partial charge on any atom is 0.338 e. The molecule has 13 heavy (non-hydrogen) atoms. The monoisotopic (exact) mass is 186 g/mol. The van der Waals surface area contributed by atoms with Crippen molar-refractivity contribution in [2.45, 2.75) is 58.3 Å². The van der Waals surface area contributed by atoms with Gasteiger partial charge in [0.1, 0.15) is 0 Å². The van der Waals surface area contributed by atoms with Gasteiger partial charge in [0.2, 0.25) is 0 Å². The van der Waals surface area contributed by atoms with Crippen LogP contribution in [0.2, 0.25) is 0 Å². The summed E-state index contributed by atoms with van der Waals surface area (Å²) in [5, 5.41) is 0. The zero-order valence-electron chi connectivity index (χ0n) is 8.58. The van der Waals surface area contributed by atoms with Crippen LogP contribution >= 0.6 is 0 Å². The lowest BCUT2D eigenvalue weighted by molar-refractivity contribution is -0.148. The molecule has 0 aliphatic carbocycles. The Labute approximate surface area is 79.4 Å². The first-order valence-electron chi connectivity index (χ1n) is 5.01. The van der Waals surface area contributed by atoms with E-state index in [0.717, 1.165) is 19.3 Å². The number of esters is 1. The number of unbranched alkanes of at least 4 members (excludes halogenated alkanes) is 1. The van der Waals surface area contributed by atoms with Gasteiger partial charge in [0, 0.05) is 0 Å². The van der Waals surface area contributed by atoms with E-state index < -0.39 is 0 Å². The van der Waals surface area contributed by atoms with Gasteiger partial charge in [-0.15, -0.1) is 0 Å². The molecule has 0 aromatic rings. The fraction of sp³-hybridized carbons (Fsp3) is 0.900. The first kappa shape index (κ1) is 10.5. The molecule has 0 N–H and O–H groups in total. The van der Waals surface area contributed by atoms with E-state index in [1.54, 1.807) is 0 Å². The van der Waals surface area contributed by atoms with E-state index in [1.807, 2.05) is 13.8 Å². The molecule has 0 bridgehead atoms. The number of epoxide rings is 1. The second kappa shape index (κ2) is 4.61. The van der Waals surface area contributed by atoms with E-state index >= 15 is 0 Å². The molecule has 1 saturated heterocycles. The first-order valence-corrected chi connectivity index (χ1v) is 5.01. The summed E-state index contributed by atoms with van der Waals surface area (Å²) < 4.78 is 10.2. The molecule has 0 amide bonds. The van der Waals surface area contributed by atoms with Crippen LogP contribution in [0.3, 0.4) is 0 Å². The van der Waals surface area contributed by atoms with E-state index in [0.29, 0.717) is 0 Å². The molecule has 76 valence electrons. The zero-order chi connectivity index (χ0) is 9.84. The number of hydrogen-bond donors (Lipinski definition) is 0. The van der Waals surface area contributed by atoms with Crippen molar-refractivity contribution in [3.63, 3.8) is 0 Å². The maximum atomic E-state index is 11.2. The smallest absolute Gasteiger partial charge is 0.338 e. The van der Waals surface area contributed by atoms with Gasteiger partial charge in [-0.2, -0.15) is 0 Å². The van der Waals surface area contributed by atoms with Crippen LogP contribution in [-0.4, -0.2) is 24.3 Å². The molecule has 0 unspecified atom stereocenters.